The lowest BCUT2D eigenvalue weighted by Gasteiger charge is -2.48. The van der Waals surface area contributed by atoms with Crippen molar-refractivity contribution < 1.29 is 9.53 Å². The number of morpholine rings is 1. The molecule has 2 atom stereocenters. The van der Waals surface area contributed by atoms with Crippen LogP contribution in [0.25, 0.3) is 0 Å². The maximum atomic E-state index is 11.6. The molecule has 1 aromatic heterocycles. The molecule has 3 rings (SSSR count). The minimum absolute atomic E-state index is 0.0301. The third kappa shape index (κ3) is 2.70. The summed E-state index contributed by atoms with van der Waals surface area (Å²) in [6.07, 6.45) is 7.41. The Morgan fingerprint density at radius 3 is 2.62 bits per heavy atom. The van der Waals surface area contributed by atoms with Crippen molar-refractivity contribution in [2.75, 3.05) is 19.6 Å². The lowest BCUT2D eigenvalue weighted by molar-refractivity contribution is -0.0828. The topological polar surface area (TPSA) is 73.4 Å². The number of nitrogens with zero attached hydrogens (tertiary/aromatic N) is 3. The van der Waals surface area contributed by atoms with Gasteiger partial charge in [-0.15, -0.1) is 0 Å². The van der Waals surface area contributed by atoms with Crippen LogP contribution in [0.2, 0.25) is 0 Å². The molecule has 0 radical (unpaired) electrons. The van der Waals surface area contributed by atoms with Crippen molar-refractivity contribution >= 4 is 5.91 Å². The Morgan fingerprint density at radius 1 is 1.43 bits per heavy atom. The second-order valence-corrected chi connectivity index (χ2v) is 6.51. The number of hydrogen-bond donors (Lipinski definition) is 1. The van der Waals surface area contributed by atoms with Gasteiger partial charge in [0.1, 0.15) is 0 Å². The van der Waals surface area contributed by atoms with E-state index in [9.17, 15) is 4.79 Å². The molecule has 2 aliphatic rings. The molecule has 2 fully saturated rings. The summed E-state index contributed by atoms with van der Waals surface area (Å²) >= 11 is 0. The monoisotopic (exact) mass is 292 g/mol. The summed E-state index contributed by atoms with van der Waals surface area (Å²) in [5.74, 6) is -0.0703. The first kappa shape index (κ1) is 14.5. The molecule has 2 heterocycles. The molecule has 6 nitrogen and oxygen atoms in total. The maximum absolute atomic E-state index is 11.6. The summed E-state index contributed by atoms with van der Waals surface area (Å²) in [4.78, 5) is 18.2. The zero-order chi connectivity index (χ0) is 15.0. The fourth-order valence-corrected chi connectivity index (χ4v) is 3.76. The Morgan fingerprint density at radius 2 is 2.10 bits per heavy atom. The van der Waals surface area contributed by atoms with Gasteiger partial charge in [-0.25, -0.2) is 4.98 Å². The van der Waals surface area contributed by atoms with E-state index in [1.54, 1.807) is 6.20 Å². The molecule has 2 N–H and O–H groups in total. The summed E-state index contributed by atoms with van der Waals surface area (Å²) in [7, 11) is 0. The molecule has 0 aromatic carbocycles. The molecule has 1 aliphatic carbocycles. The molecule has 0 bridgehead atoms. The van der Waals surface area contributed by atoms with Crippen LogP contribution in [0.15, 0.2) is 12.4 Å². The van der Waals surface area contributed by atoms with Gasteiger partial charge in [-0.05, 0) is 33.1 Å². The average molecular weight is 292 g/mol. The van der Waals surface area contributed by atoms with Crippen molar-refractivity contribution in [2.45, 2.75) is 50.9 Å². The second kappa shape index (κ2) is 5.42. The summed E-state index contributed by atoms with van der Waals surface area (Å²) < 4.78 is 7.80. The Balaban J connectivity index is 1.80. The lowest BCUT2D eigenvalue weighted by atomic mass is 9.75. The summed E-state index contributed by atoms with van der Waals surface area (Å²) in [5, 5.41) is 0. The summed E-state index contributed by atoms with van der Waals surface area (Å²) in [5.41, 5.74) is 5.43. The molecule has 116 valence electrons. The van der Waals surface area contributed by atoms with Gasteiger partial charge in [0.05, 0.1) is 17.7 Å². The van der Waals surface area contributed by atoms with E-state index in [1.165, 1.54) is 6.42 Å². The molecule has 1 aromatic rings. The minimum Gasteiger partial charge on any atom is -0.373 e. The van der Waals surface area contributed by atoms with Gasteiger partial charge >= 0.3 is 0 Å². The van der Waals surface area contributed by atoms with Crippen LogP contribution in [0.4, 0.5) is 0 Å². The molecular formula is C15H24N4O2. The zero-order valence-electron chi connectivity index (χ0n) is 12.8. The van der Waals surface area contributed by atoms with Crippen molar-refractivity contribution in [3.63, 3.8) is 0 Å². The molecule has 6 heteroatoms. The predicted octanol–water partition coefficient (Wildman–Crippen LogP) is 0.970. The molecule has 0 unspecified atom stereocenters. The van der Waals surface area contributed by atoms with E-state index >= 15 is 0 Å². The van der Waals surface area contributed by atoms with Gasteiger partial charge in [0.25, 0.3) is 5.91 Å². The molecule has 21 heavy (non-hydrogen) atoms. The van der Waals surface area contributed by atoms with Crippen LogP contribution in [0.5, 0.6) is 0 Å². The Kier molecular flexibility index (Phi) is 3.75. The predicted molar refractivity (Wildman–Crippen MR) is 79.0 cm³/mol. The molecule has 0 spiro atoms. The highest BCUT2D eigenvalue weighted by molar-refractivity contribution is 5.89. The standard InChI is InChI=1S/C15H24N4O2/c1-11-8-18(9-12(2)21-11)10-15(4-3-5-15)19-7-6-17-14(19)13(16)20/h6-7,11-12H,3-5,8-10H2,1-2H3,(H2,16,20)/t11-,12+. The van der Waals surface area contributed by atoms with Crippen LogP contribution in [0.1, 0.15) is 43.7 Å². The van der Waals surface area contributed by atoms with Gasteiger partial charge in [0.15, 0.2) is 5.82 Å². The second-order valence-electron chi connectivity index (χ2n) is 6.51. The number of primary amides is 1. The number of hydrogen-bond acceptors (Lipinski definition) is 4. The van der Waals surface area contributed by atoms with Gasteiger partial charge in [0, 0.05) is 32.0 Å². The van der Waals surface area contributed by atoms with Crippen LogP contribution in [0.3, 0.4) is 0 Å². The highest BCUT2D eigenvalue weighted by Crippen LogP contribution is 2.41. The van der Waals surface area contributed by atoms with Gasteiger partial charge < -0.3 is 15.0 Å². The van der Waals surface area contributed by atoms with Crippen molar-refractivity contribution in [2.24, 2.45) is 5.73 Å². The fourth-order valence-electron chi connectivity index (χ4n) is 3.76. The average Bonchev–Trinajstić information content (AvgIpc) is 2.82. The van der Waals surface area contributed by atoms with Crippen molar-refractivity contribution in [3.8, 4) is 0 Å². The number of carbonyl (C=O) groups excluding carboxylic acids is 1. The normalized spacial score (nSPS) is 29.0. The first-order chi connectivity index (χ1) is 10.00. The number of rotatable bonds is 4. The third-order valence-corrected chi connectivity index (χ3v) is 4.67. The highest BCUT2D eigenvalue weighted by atomic mass is 16.5. The van der Waals surface area contributed by atoms with Crippen LogP contribution in [-0.4, -0.2) is 52.2 Å². The van der Waals surface area contributed by atoms with Crippen molar-refractivity contribution in [3.05, 3.63) is 18.2 Å². The summed E-state index contributed by atoms with van der Waals surface area (Å²) in [6, 6.07) is 0. The van der Waals surface area contributed by atoms with Crippen LogP contribution >= 0.6 is 0 Å². The van der Waals surface area contributed by atoms with E-state index in [-0.39, 0.29) is 17.7 Å². The molecular weight excluding hydrogens is 268 g/mol. The van der Waals surface area contributed by atoms with Crippen molar-refractivity contribution in [1.29, 1.82) is 0 Å². The van der Waals surface area contributed by atoms with E-state index in [2.05, 4.69) is 23.7 Å². The molecule has 1 aliphatic heterocycles. The van der Waals surface area contributed by atoms with E-state index in [1.807, 2.05) is 10.8 Å². The largest absolute Gasteiger partial charge is 0.373 e. The van der Waals surface area contributed by atoms with E-state index in [0.29, 0.717) is 5.82 Å². The quantitative estimate of drug-likeness (QED) is 0.897. The Hall–Kier alpha value is -1.40. The van der Waals surface area contributed by atoms with Gasteiger partial charge in [-0.2, -0.15) is 0 Å². The third-order valence-electron chi connectivity index (χ3n) is 4.67. The lowest BCUT2D eigenvalue weighted by Crippen LogP contribution is -2.55. The van der Waals surface area contributed by atoms with Gasteiger partial charge in [0.2, 0.25) is 0 Å². The van der Waals surface area contributed by atoms with Gasteiger partial charge in [-0.1, -0.05) is 0 Å². The molecule has 1 saturated heterocycles. The number of imidazole rings is 1. The number of ether oxygens (including phenoxy) is 1. The maximum Gasteiger partial charge on any atom is 0.284 e. The number of nitrogens with two attached hydrogens (primary N) is 1. The van der Waals surface area contributed by atoms with E-state index < -0.39 is 5.91 Å². The first-order valence-corrected chi connectivity index (χ1v) is 7.72. The highest BCUT2D eigenvalue weighted by Gasteiger charge is 2.43. The van der Waals surface area contributed by atoms with E-state index in [0.717, 1.165) is 32.5 Å². The molecule has 1 saturated carbocycles. The van der Waals surface area contributed by atoms with Crippen LogP contribution < -0.4 is 5.73 Å². The fraction of sp³-hybridized carbons (Fsp3) is 0.733. The number of aromatic nitrogens is 2. The van der Waals surface area contributed by atoms with Gasteiger partial charge in [-0.3, -0.25) is 9.69 Å². The van der Waals surface area contributed by atoms with Crippen LogP contribution in [-0.2, 0) is 10.3 Å². The van der Waals surface area contributed by atoms with Crippen LogP contribution in [0, 0.1) is 0 Å². The number of carbonyl (C=O) groups is 1. The summed E-state index contributed by atoms with van der Waals surface area (Å²) in [6.45, 7) is 7.03. The molecule has 1 amide bonds. The van der Waals surface area contributed by atoms with E-state index in [4.69, 9.17) is 10.5 Å². The Bertz CT molecular complexity index is 513. The van der Waals surface area contributed by atoms with Crippen molar-refractivity contribution in [1.82, 2.24) is 14.5 Å². The SMILES string of the molecule is C[C@@H]1CN(CC2(n3ccnc3C(N)=O)CCC2)C[C@H](C)O1. The first-order valence-electron chi connectivity index (χ1n) is 7.72. The zero-order valence-corrected chi connectivity index (χ0v) is 12.8. The Labute approximate surface area is 125 Å². The number of amides is 1. The minimum atomic E-state index is -0.449. The smallest absolute Gasteiger partial charge is 0.284 e.